The Kier molecular flexibility index (Phi) is 4.04. The van der Waals surface area contributed by atoms with E-state index in [0.29, 0.717) is 24.5 Å². The van der Waals surface area contributed by atoms with E-state index in [1.807, 2.05) is 6.07 Å². The van der Waals surface area contributed by atoms with Gasteiger partial charge in [0.05, 0.1) is 13.2 Å². The molecule has 0 spiro atoms. The zero-order valence-corrected chi connectivity index (χ0v) is 10.5. The van der Waals surface area contributed by atoms with Crippen LogP contribution in [0.3, 0.4) is 0 Å². The van der Waals surface area contributed by atoms with Crippen molar-refractivity contribution in [3.63, 3.8) is 0 Å². The second-order valence-electron chi connectivity index (χ2n) is 3.83. The molecule has 0 saturated carbocycles. The van der Waals surface area contributed by atoms with Crippen LogP contribution in [0.1, 0.15) is 22.8 Å². The minimum absolute atomic E-state index is 0.0893. The summed E-state index contributed by atoms with van der Waals surface area (Å²) in [5, 5.41) is 0. The number of esters is 1. The topological polar surface area (TPSA) is 54.0 Å². The lowest BCUT2D eigenvalue weighted by Gasteiger charge is -2.11. The number of rotatable bonds is 5. The van der Waals surface area contributed by atoms with Gasteiger partial charge in [-0.2, -0.15) is 0 Å². The first-order chi connectivity index (χ1) is 8.76. The number of carbonyl (C=O) groups excluding carboxylic acids is 1. The SMILES string of the molecule is CCOC(=O)c1cc2c(cc1OCOC)CCO2. The fourth-order valence-electron chi connectivity index (χ4n) is 1.81. The van der Waals surface area contributed by atoms with Gasteiger partial charge in [0, 0.05) is 19.1 Å². The molecule has 0 aromatic heterocycles. The summed E-state index contributed by atoms with van der Waals surface area (Å²) < 4.78 is 20.7. The summed E-state index contributed by atoms with van der Waals surface area (Å²) >= 11 is 0. The Bertz CT molecular complexity index is 441. The number of benzene rings is 1. The molecule has 0 aliphatic carbocycles. The molecule has 0 unspecified atom stereocenters. The molecule has 0 radical (unpaired) electrons. The monoisotopic (exact) mass is 252 g/mol. The van der Waals surface area contributed by atoms with Crippen LogP contribution >= 0.6 is 0 Å². The van der Waals surface area contributed by atoms with Crippen LogP contribution in [0.2, 0.25) is 0 Å². The smallest absolute Gasteiger partial charge is 0.342 e. The molecule has 18 heavy (non-hydrogen) atoms. The molecule has 0 amide bonds. The van der Waals surface area contributed by atoms with Gasteiger partial charge in [-0.25, -0.2) is 4.79 Å². The lowest BCUT2D eigenvalue weighted by molar-refractivity contribution is 0.0437. The van der Waals surface area contributed by atoms with Crippen molar-refractivity contribution in [1.82, 2.24) is 0 Å². The summed E-state index contributed by atoms with van der Waals surface area (Å²) in [7, 11) is 1.53. The fraction of sp³-hybridized carbons (Fsp3) is 0.462. The van der Waals surface area contributed by atoms with Crippen LogP contribution in [0.5, 0.6) is 11.5 Å². The van der Waals surface area contributed by atoms with Gasteiger partial charge in [0.1, 0.15) is 17.1 Å². The van der Waals surface area contributed by atoms with E-state index in [2.05, 4.69) is 0 Å². The van der Waals surface area contributed by atoms with Crippen molar-refractivity contribution in [2.24, 2.45) is 0 Å². The van der Waals surface area contributed by atoms with Crippen molar-refractivity contribution in [1.29, 1.82) is 0 Å². The largest absolute Gasteiger partial charge is 0.493 e. The van der Waals surface area contributed by atoms with E-state index in [9.17, 15) is 4.79 Å². The van der Waals surface area contributed by atoms with Gasteiger partial charge in [-0.3, -0.25) is 0 Å². The summed E-state index contributed by atoms with van der Waals surface area (Å²) in [6.45, 7) is 2.80. The predicted molar refractivity (Wildman–Crippen MR) is 64.1 cm³/mol. The molecule has 0 saturated heterocycles. The molecule has 1 aliphatic rings. The fourth-order valence-corrected chi connectivity index (χ4v) is 1.81. The average molecular weight is 252 g/mol. The van der Waals surface area contributed by atoms with Crippen LogP contribution in [-0.2, 0) is 15.9 Å². The summed E-state index contributed by atoms with van der Waals surface area (Å²) in [5.74, 6) is 0.782. The number of methoxy groups -OCH3 is 1. The quantitative estimate of drug-likeness (QED) is 0.590. The summed E-state index contributed by atoms with van der Waals surface area (Å²) in [6, 6.07) is 3.49. The van der Waals surface area contributed by atoms with Crippen molar-refractivity contribution in [2.45, 2.75) is 13.3 Å². The number of hydrogen-bond acceptors (Lipinski definition) is 5. The molecule has 1 aromatic carbocycles. The maximum absolute atomic E-state index is 11.8. The normalized spacial score (nSPS) is 12.8. The molecule has 5 nitrogen and oxygen atoms in total. The van der Waals surface area contributed by atoms with Gasteiger partial charge in [0.15, 0.2) is 6.79 Å². The maximum atomic E-state index is 11.8. The molecule has 1 heterocycles. The Hall–Kier alpha value is -1.75. The Morgan fingerprint density at radius 2 is 2.28 bits per heavy atom. The lowest BCUT2D eigenvalue weighted by Crippen LogP contribution is -2.09. The van der Waals surface area contributed by atoms with Crippen LogP contribution in [0.15, 0.2) is 12.1 Å². The van der Waals surface area contributed by atoms with Crippen molar-refractivity contribution >= 4 is 5.97 Å². The predicted octanol–water partition coefficient (Wildman–Crippen LogP) is 1.78. The third kappa shape index (κ3) is 2.56. The minimum Gasteiger partial charge on any atom is -0.493 e. The van der Waals surface area contributed by atoms with Crippen molar-refractivity contribution in [3.05, 3.63) is 23.3 Å². The number of hydrogen-bond donors (Lipinski definition) is 0. The molecule has 0 atom stereocenters. The standard InChI is InChI=1S/C13H16O5/c1-3-16-13(14)10-7-11-9(4-5-17-11)6-12(10)18-8-15-2/h6-7H,3-5,8H2,1-2H3. The van der Waals surface area contributed by atoms with Crippen LogP contribution in [0.4, 0.5) is 0 Å². The van der Waals surface area contributed by atoms with E-state index in [-0.39, 0.29) is 6.79 Å². The number of ether oxygens (including phenoxy) is 4. The van der Waals surface area contributed by atoms with E-state index in [1.54, 1.807) is 13.0 Å². The van der Waals surface area contributed by atoms with Crippen molar-refractivity contribution in [2.75, 3.05) is 27.1 Å². The van der Waals surface area contributed by atoms with E-state index >= 15 is 0 Å². The van der Waals surface area contributed by atoms with Gasteiger partial charge < -0.3 is 18.9 Å². The molecule has 0 fully saturated rings. The molecule has 0 bridgehead atoms. The maximum Gasteiger partial charge on any atom is 0.342 e. The minimum atomic E-state index is -0.415. The average Bonchev–Trinajstić information content (AvgIpc) is 2.82. The molecule has 1 aromatic rings. The lowest BCUT2D eigenvalue weighted by atomic mass is 10.1. The third-order valence-electron chi connectivity index (χ3n) is 2.62. The van der Waals surface area contributed by atoms with E-state index in [1.165, 1.54) is 7.11 Å². The van der Waals surface area contributed by atoms with Crippen LogP contribution < -0.4 is 9.47 Å². The second kappa shape index (κ2) is 5.73. The molecular weight excluding hydrogens is 236 g/mol. The van der Waals surface area contributed by atoms with E-state index < -0.39 is 5.97 Å². The molecule has 98 valence electrons. The van der Waals surface area contributed by atoms with Crippen LogP contribution in [0.25, 0.3) is 0 Å². The van der Waals surface area contributed by atoms with Gasteiger partial charge in [-0.15, -0.1) is 0 Å². The summed E-state index contributed by atoms with van der Waals surface area (Å²) in [5.41, 5.74) is 1.41. The zero-order chi connectivity index (χ0) is 13.0. The highest BCUT2D eigenvalue weighted by Gasteiger charge is 2.21. The van der Waals surface area contributed by atoms with Gasteiger partial charge in [-0.1, -0.05) is 0 Å². The molecular formula is C13H16O5. The Balaban J connectivity index is 2.31. The summed E-state index contributed by atoms with van der Waals surface area (Å²) in [4.78, 5) is 11.8. The first kappa shape index (κ1) is 12.7. The molecule has 2 rings (SSSR count). The van der Waals surface area contributed by atoms with Crippen molar-refractivity contribution in [3.8, 4) is 11.5 Å². The zero-order valence-electron chi connectivity index (χ0n) is 10.5. The third-order valence-corrected chi connectivity index (χ3v) is 2.62. The molecule has 1 aliphatic heterocycles. The van der Waals surface area contributed by atoms with Gasteiger partial charge in [0.25, 0.3) is 0 Å². The first-order valence-corrected chi connectivity index (χ1v) is 5.84. The molecule has 0 N–H and O–H groups in total. The summed E-state index contributed by atoms with van der Waals surface area (Å²) in [6.07, 6.45) is 0.821. The van der Waals surface area contributed by atoms with Gasteiger partial charge in [-0.05, 0) is 19.1 Å². The molecule has 5 heteroatoms. The first-order valence-electron chi connectivity index (χ1n) is 5.84. The Morgan fingerprint density at radius 3 is 3.00 bits per heavy atom. The Labute approximate surface area is 106 Å². The van der Waals surface area contributed by atoms with Gasteiger partial charge >= 0.3 is 5.97 Å². The number of carbonyl (C=O) groups is 1. The highest BCUT2D eigenvalue weighted by atomic mass is 16.7. The van der Waals surface area contributed by atoms with Crippen molar-refractivity contribution < 1.29 is 23.7 Å². The van der Waals surface area contributed by atoms with E-state index in [0.717, 1.165) is 17.7 Å². The van der Waals surface area contributed by atoms with Crippen LogP contribution in [0, 0.1) is 0 Å². The highest BCUT2D eigenvalue weighted by Crippen LogP contribution is 2.33. The second-order valence-corrected chi connectivity index (χ2v) is 3.83. The van der Waals surface area contributed by atoms with Gasteiger partial charge in [0.2, 0.25) is 0 Å². The van der Waals surface area contributed by atoms with Crippen LogP contribution in [-0.4, -0.2) is 33.1 Å². The Morgan fingerprint density at radius 1 is 1.44 bits per heavy atom. The number of fused-ring (bicyclic) bond motifs is 1. The highest BCUT2D eigenvalue weighted by molar-refractivity contribution is 5.93. The van der Waals surface area contributed by atoms with E-state index in [4.69, 9.17) is 18.9 Å².